The minimum atomic E-state index is -1.73. The number of benzene rings is 3. The highest BCUT2D eigenvalue weighted by molar-refractivity contribution is 6.24. The highest BCUT2D eigenvalue weighted by atomic mass is 16.4. The largest absolute Gasteiger partial charge is 0.480 e. The van der Waals surface area contributed by atoms with Crippen LogP contribution in [0.15, 0.2) is 91.0 Å². The molecule has 2 amide bonds. The van der Waals surface area contributed by atoms with Crippen LogP contribution >= 0.6 is 0 Å². The topological polar surface area (TPSA) is 86.7 Å². The molecule has 5 rings (SSSR count). The van der Waals surface area contributed by atoms with Crippen molar-refractivity contribution in [3.63, 3.8) is 0 Å². The number of para-hydroxylation sites is 1. The van der Waals surface area contributed by atoms with Gasteiger partial charge in [-0.2, -0.15) is 0 Å². The van der Waals surface area contributed by atoms with Crippen molar-refractivity contribution in [3.05, 3.63) is 108 Å². The molecule has 0 saturated carbocycles. The first-order valence-electron chi connectivity index (χ1n) is 11.2. The van der Waals surface area contributed by atoms with Crippen molar-refractivity contribution in [2.75, 3.05) is 4.90 Å². The molecule has 2 aliphatic rings. The Bertz CT molecular complexity index is 1290. The smallest absolute Gasteiger partial charge is 0.329 e. The van der Waals surface area contributed by atoms with Gasteiger partial charge in [-0.05, 0) is 29.7 Å². The predicted molar refractivity (Wildman–Crippen MR) is 129 cm³/mol. The van der Waals surface area contributed by atoms with E-state index in [0.29, 0.717) is 11.3 Å². The summed E-state index contributed by atoms with van der Waals surface area (Å²) < 4.78 is 0. The fraction of sp³-hybridized carbons (Fsp3) is 0.179. The van der Waals surface area contributed by atoms with Crippen LogP contribution in [-0.2, 0) is 19.9 Å². The van der Waals surface area contributed by atoms with Crippen LogP contribution in [0.2, 0.25) is 0 Å². The Labute approximate surface area is 197 Å². The Hall–Kier alpha value is -4.03. The van der Waals surface area contributed by atoms with Crippen molar-refractivity contribution in [1.29, 1.82) is 0 Å². The lowest BCUT2D eigenvalue weighted by molar-refractivity contribution is -0.149. The molecule has 6 nitrogen and oxygen atoms in total. The maximum absolute atomic E-state index is 13.8. The number of aliphatic carboxylic acids is 1. The molecule has 0 spiro atoms. The zero-order valence-corrected chi connectivity index (χ0v) is 18.6. The molecule has 34 heavy (non-hydrogen) atoms. The van der Waals surface area contributed by atoms with E-state index in [0.717, 1.165) is 11.1 Å². The van der Waals surface area contributed by atoms with Crippen LogP contribution in [0.5, 0.6) is 0 Å². The van der Waals surface area contributed by atoms with Gasteiger partial charge in [-0.15, -0.1) is 0 Å². The number of aryl methyl sites for hydroxylation is 1. The Balaban J connectivity index is 1.66. The van der Waals surface area contributed by atoms with Crippen molar-refractivity contribution < 1.29 is 19.5 Å². The van der Waals surface area contributed by atoms with E-state index in [4.69, 9.17) is 0 Å². The van der Waals surface area contributed by atoms with Crippen LogP contribution in [0.4, 0.5) is 5.69 Å². The Morgan fingerprint density at radius 2 is 1.53 bits per heavy atom. The Kier molecular flexibility index (Phi) is 5.38. The summed E-state index contributed by atoms with van der Waals surface area (Å²) in [6.07, 6.45) is 3.65. The van der Waals surface area contributed by atoms with Gasteiger partial charge in [-0.1, -0.05) is 91.0 Å². The molecular formula is C28H24N2O4. The zero-order chi connectivity index (χ0) is 23.9. The quantitative estimate of drug-likeness (QED) is 0.576. The van der Waals surface area contributed by atoms with Gasteiger partial charge in [0, 0.05) is 6.04 Å². The predicted octanol–water partition coefficient (Wildman–Crippen LogP) is 3.77. The number of amides is 2. The Morgan fingerprint density at radius 1 is 0.912 bits per heavy atom. The minimum absolute atomic E-state index is 0.390. The summed E-state index contributed by atoms with van der Waals surface area (Å²) >= 11 is 0. The first kappa shape index (κ1) is 21.8. The van der Waals surface area contributed by atoms with Crippen molar-refractivity contribution in [1.82, 2.24) is 5.32 Å². The summed E-state index contributed by atoms with van der Waals surface area (Å²) in [5.74, 6) is -4.03. The summed E-state index contributed by atoms with van der Waals surface area (Å²) in [5, 5.41) is 13.7. The number of carbonyl (C=O) groups is 3. The second-order valence-corrected chi connectivity index (χ2v) is 8.72. The van der Waals surface area contributed by atoms with Crippen LogP contribution in [-0.4, -0.2) is 28.9 Å². The second-order valence-electron chi connectivity index (χ2n) is 8.72. The molecule has 2 fully saturated rings. The highest BCUT2D eigenvalue weighted by Gasteiger charge is 2.68. The Morgan fingerprint density at radius 3 is 2.18 bits per heavy atom. The minimum Gasteiger partial charge on any atom is -0.480 e. The summed E-state index contributed by atoms with van der Waals surface area (Å²) in [7, 11) is 0. The molecule has 2 aliphatic heterocycles. The lowest BCUT2D eigenvalue weighted by Gasteiger charge is -2.31. The number of nitrogens with zero attached hydrogens (tertiary/aromatic N) is 1. The lowest BCUT2D eigenvalue weighted by Crippen LogP contribution is -2.54. The second kappa shape index (κ2) is 8.39. The number of carboxylic acid groups (broad SMARTS) is 1. The maximum Gasteiger partial charge on any atom is 0.329 e. The summed E-state index contributed by atoms with van der Waals surface area (Å²) in [6.45, 7) is 1.83. The molecule has 2 N–H and O–H groups in total. The van der Waals surface area contributed by atoms with E-state index in [1.807, 2.05) is 55.5 Å². The number of carboxylic acids is 1. The van der Waals surface area contributed by atoms with Gasteiger partial charge in [-0.3, -0.25) is 14.9 Å². The number of imide groups is 1. The average molecular weight is 453 g/mol. The van der Waals surface area contributed by atoms with Gasteiger partial charge in [0.05, 0.1) is 17.5 Å². The molecule has 3 aromatic rings. The number of anilines is 1. The highest BCUT2D eigenvalue weighted by Crippen LogP contribution is 2.50. The number of nitrogens with one attached hydrogen (secondary N) is 1. The molecule has 2 saturated heterocycles. The van der Waals surface area contributed by atoms with Gasteiger partial charge in [0.1, 0.15) is 0 Å². The fourth-order valence-corrected chi connectivity index (χ4v) is 5.23. The third kappa shape index (κ3) is 3.26. The van der Waals surface area contributed by atoms with Crippen LogP contribution in [0.3, 0.4) is 0 Å². The van der Waals surface area contributed by atoms with Gasteiger partial charge in [0.25, 0.3) is 0 Å². The molecule has 0 radical (unpaired) electrons. The van der Waals surface area contributed by atoms with E-state index < -0.39 is 41.2 Å². The molecule has 170 valence electrons. The van der Waals surface area contributed by atoms with E-state index >= 15 is 0 Å². The first-order chi connectivity index (χ1) is 16.4. The van der Waals surface area contributed by atoms with Crippen LogP contribution in [0.1, 0.15) is 16.7 Å². The van der Waals surface area contributed by atoms with E-state index in [-0.39, 0.29) is 0 Å². The van der Waals surface area contributed by atoms with Gasteiger partial charge in [-0.25, -0.2) is 9.69 Å². The number of fused-ring (bicyclic) bond motifs is 1. The van der Waals surface area contributed by atoms with Crippen molar-refractivity contribution in [2.24, 2.45) is 11.8 Å². The van der Waals surface area contributed by atoms with E-state index in [9.17, 15) is 19.5 Å². The number of rotatable bonds is 5. The monoisotopic (exact) mass is 452 g/mol. The third-order valence-electron chi connectivity index (χ3n) is 6.82. The summed E-state index contributed by atoms with van der Waals surface area (Å²) in [6, 6.07) is 24.7. The molecule has 3 aromatic carbocycles. The average Bonchev–Trinajstić information content (AvgIpc) is 3.34. The molecule has 2 heterocycles. The van der Waals surface area contributed by atoms with Gasteiger partial charge in [0.2, 0.25) is 11.8 Å². The zero-order valence-electron chi connectivity index (χ0n) is 18.6. The molecule has 6 heteroatoms. The lowest BCUT2D eigenvalue weighted by atomic mass is 9.76. The van der Waals surface area contributed by atoms with Gasteiger partial charge in [0.15, 0.2) is 5.54 Å². The van der Waals surface area contributed by atoms with E-state index in [1.165, 1.54) is 4.90 Å². The fourth-order valence-electron chi connectivity index (χ4n) is 5.23. The maximum atomic E-state index is 13.8. The van der Waals surface area contributed by atoms with Crippen molar-refractivity contribution in [2.45, 2.75) is 18.5 Å². The van der Waals surface area contributed by atoms with Crippen molar-refractivity contribution >= 4 is 29.5 Å². The first-order valence-corrected chi connectivity index (χ1v) is 11.2. The number of carbonyl (C=O) groups excluding carboxylic acids is 2. The molecule has 4 unspecified atom stereocenters. The number of hydrogen-bond acceptors (Lipinski definition) is 4. The summed E-state index contributed by atoms with van der Waals surface area (Å²) in [5.41, 5.74) is 0.892. The van der Waals surface area contributed by atoms with Gasteiger partial charge >= 0.3 is 5.97 Å². The third-order valence-corrected chi connectivity index (χ3v) is 6.82. The molecule has 0 aromatic heterocycles. The molecule has 4 atom stereocenters. The van der Waals surface area contributed by atoms with E-state index in [1.54, 1.807) is 48.5 Å². The van der Waals surface area contributed by atoms with Crippen LogP contribution < -0.4 is 10.2 Å². The number of hydrogen-bond donors (Lipinski definition) is 2. The summed E-state index contributed by atoms with van der Waals surface area (Å²) in [4.78, 5) is 41.6. The molecule has 0 aliphatic carbocycles. The standard InChI is InChI=1S/C28H24N2O4/c1-18-10-8-9-15-22(18)30-25(31)23-21(17-16-19-11-4-2-5-12-19)29-28(27(33)34,24(23)26(30)32)20-13-6-3-7-14-20/h2-17,21,23-24,29H,1H3,(H,33,34). The molecular weight excluding hydrogens is 428 g/mol. The molecule has 0 bridgehead atoms. The van der Waals surface area contributed by atoms with Crippen LogP contribution in [0.25, 0.3) is 6.08 Å². The van der Waals surface area contributed by atoms with Crippen LogP contribution in [0, 0.1) is 18.8 Å². The SMILES string of the molecule is Cc1ccccc1N1C(=O)C2C(C=Cc3ccccc3)NC(C(=O)O)(c3ccccc3)C2C1=O. The van der Waals surface area contributed by atoms with Gasteiger partial charge < -0.3 is 5.11 Å². The van der Waals surface area contributed by atoms with Crippen molar-refractivity contribution in [3.8, 4) is 0 Å². The normalized spacial score (nSPS) is 26.3. The van der Waals surface area contributed by atoms with E-state index in [2.05, 4.69) is 5.32 Å².